The lowest BCUT2D eigenvalue weighted by molar-refractivity contribution is -0.141. The van der Waals surface area contributed by atoms with Crippen molar-refractivity contribution in [3.8, 4) is 0 Å². The van der Waals surface area contributed by atoms with E-state index < -0.39 is 41.1 Å². The van der Waals surface area contributed by atoms with Gasteiger partial charge in [0, 0.05) is 18.2 Å². The van der Waals surface area contributed by atoms with Crippen LogP contribution in [0.15, 0.2) is 30.3 Å². The SMILES string of the molecule is CCCCNc1nc(C(F)(F)F)ccc1/C=C/C(=O)N[C@@H](C)c1cc(F)c(N)c(F)c1. The fourth-order valence-corrected chi connectivity index (χ4v) is 2.65. The Bertz CT molecular complexity index is 936. The number of nitrogens with one attached hydrogen (secondary N) is 2. The number of nitrogens with two attached hydrogens (primary N) is 1. The summed E-state index contributed by atoms with van der Waals surface area (Å²) in [4.78, 5) is 15.8. The molecule has 0 saturated carbocycles. The van der Waals surface area contributed by atoms with Gasteiger partial charge in [-0.05, 0) is 49.2 Å². The summed E-state index contributed by atoms with van der Waals surface area (Å²) in [6.07, 6.45) is -0.610. The van der Waals surface area contributed by atoms with Crippen LogP contribution in [0.1, 0.15) is 49.6 Å². The number of nitrogens with zero attached hydrogens (tertiary/aromatic N) is 1. The zero-order valence-corrected chi connectivity index (χ0v) is 17.0. The molecule has 0 saturated heterocycles. The molecule has 1 atom stereocenters. The van der Waals surface area contributed by atoms with Crippen molar-refractivity contribution >= 4 is 23.5 Å². The zero-order valence-electron chi connectivity index (χ0n) is 17.0. The Morgan fingerprint density at radius 3 is 2.45 bits per heavy atom. The molecule has 2 aromatic rings. The highest BCUT2D eigenvalue weighted by atomic mass is 19.4. The van der Waals surface area contributed by atoms with E-state index in [2.05, 4.69) is 15.6 Å². The molecule has 0 fully saturated rings. The monoisotopic (exact) mass is 442 g/mol. The predicted octanol–water partition coefficient (Wildman–Crippen LogP) is 5.06. The highest BCUT2D eigenvalue weighted by Crippen LogP contribution is 2.30. The van der Waals surface area contributed by atoms with E-state index in [9.17, 15) is 26.7 Å². The molecule has 1 aromatic heterocycles. The Morgan fingerprint density at radius 2 is 1.87 bits per heavy atom. The number of pyridine rings is 1. The molecule has 10 heteroatoms. The molecule has 0 aliphatic rings. The highest BCUT2D eigenvalue weighted by Gasteiger charge is 2.32. The van der Waals surface area contributed by atoms with Gasteiger partial charge in [-0.1, -0.05) is 13.3 Å². The molecule has 0 aliphatic heterocycles. The molecule has 5 nitrogen and oxygen atoms in total. The lowest BCUT2D eigenvalue weighted by Crippen LogP contribution is -2.25. The first-order valence-corrected chi connectivity index (χ1v) is 9.58. The van der Waals surface area contributed by atoms with Gasteiger partial charge in [-0.3, -0.25) is 4.79 Å². The van der Waals surface area contributed by atoms with Gasteiger partial charge in [0.25, 0.3) is 0 Å². The summed E-state index contributed by atoms with van der Waals surface area (Å²) in [7, 11) is 0. The maximum Gasteiger partial charge on any atom is 0.433 e. The van der Waals surface area contributed by atoms with Gasteiger partial charge >= 0.3 is 6.18 Å². The van der Waals surface area contributed by atoms with E-state index in [4.69, 9.17) is 5.73 Å². The van der Waals surface area contributed by atoms with Crippen LogP contribution in [0.3, 0.4) is 0 Å². The molecule has 0 spiro atoms. The van der Waals surface area contributed by atoms with Crippen LogP contribution in [0.4, 0.5) is 33.5 Å². The number of halogens is 5. The molecule has 168 valence electrons. The Hall–Kier alpha value is -3.17. The first-order valence-electron chi connectivity index (χ1n) is 9.58. The van der Waals surface area contributed by atoms with Crippen LogP contribution >= 0.6 is 0 Å². The second-order valence-electron chi connectivity index (χ2n) is 6.87. The minimum absolute atomic E-state index is 0.00282. The fourth-order valence-electron chi connectivity index (χ4n) is 2.65. The standard InChI is InChI=1S/C21H23F5N4O/c1-3-4-9-28-20-13(5-7-17(30-20)21(24,25)26)6-8-18(31)29-12(2)14-10-15(22)19(27)16(23)11-14/h5-8,10-12H,3-4,9,27H2,1-2H3,(H,28,30)(H,29,31)/b8-6+/t12-/m0/s1. The smallest absolute Gasteiger partial charge is 0.394 e. The summed E-state index contributed by atoms with van der Waals surface area (Å²) in [6.45, 7) is 3.88. The molecule has 0 radical (unpaired) electrons. The number of anilines is 2. The number of alkyl halides is 3. The minimum atomic E-state index is -4.60. The molecular weight excluding hydrogens is 419 g/mol. The fraction of sp³-hybridized carbons (Fsp3) is 0.333. The molecule has 2 rings (SSSR count). The summed E-state index contributed by atoms with van der Waals surface area (Å²) < 4.78 is 66.1. The molecule has 0 bridgehead atoms. The third kappa shape index (κ3) is 6.66. The van der Waals surface area contributed by atoms with Gasteiger partial charge in [-0.15, -0.1) is 0 Å². The topological polar surface area (TPSA) is 80.0 Å². The summed E-state index contributed by atoms with van der Waals surface area (Å²) in [6, 6.07) is 3.33. The maximum absolute atomic E-state index is 13.6. The van der Waals surface area contributed by atoms with E-state index >= 15 is 0 Å². The van der Waals surface area contributed by atoms with Gasteiger partial charge < -0.3 is 16.4 Å². The lowest BCUT2D eigenvalue weighted by atomic mass is 10.1. The molecule has 1 aromatic carbocycles. The number of carbonyl (C=O) groups is 1. The van der Waals surface area contributed by atoms with Gasteiger partial charge in [0.2, 0.25) is 5.91 Å². The molecule has 1 heterocycles. The number of unbranched alkanes of at least 4 members (excludes halogenated alkanes) is 1. The number of nitrogen functional groups attached to an aromatic ring is 1. The van der Waals surface area contributed by atoms with Crippen molar-refractivity contribution in [1.82, 2.24) is 10.3 Å². The van der Waals surface area contributed by atoms with E-state index in [1.54, 1.807) is 0 Å². The van der Waals surface area contributed by atoms with Crippen molar-refractivity contribution in [1.29, 1.82) is 0 Å². The van der Waals surface area contributed by atoms with E-state index in [-0.39, 0.29) is 16.9 Å². The second-order valence-corrected chi connectivity index (χ2v) is 6.87. The molecular formula is C21H23F5N4O. The van der Waals surface area contributed by atoms with Crippen LogP contribution in [-0.2, 0) is 11.0 Å². The highest BCUT2D eigenvalue weighted by molar-refractivity contribution is 5.92. The van der Waals surface area contributed by atoms with E-state index in [0.717, 1.165) is 37.1 Å². The van der Waals surface area contributed by atoms with Crippen LogP contribution in [0, 0.1) is 11.6 Å². The summed E-state index contributed by atoms with van der Waals surface area (Å²) >= 11 is 0. The normalized spacial score (nSPS) is 12.7. The Balaban J connectivity index is 2.16. The third-order valence-corrected chi connectivity index (χ3v) is 4.41. The summed E-state index contributed by atoms with van der Waals surface area (Å²) in [5, 5.41) is 5.37. The van der Waals surface area contributed by atoms with Crippen molar-refractivity contribution < 1.29 is 26.7 Å². The van der Waals surface area contributed by atoms with Crippen LogP contribution in [0.25, 0.3) is 6.08 Å². The number of carbonyl (C=O) groups excluding carboxylic acids is 1. The largest absolute Gasteiger partial charge is 0.433 e. The summed E-state index contributed by atoms with van der Waals surface area (Å²) in [5.74, 6) is -2.48. The quantitative estimate of drug-likeness (QED) is 0.231. The number of hydrogen-bond acceptors (Lipinski definition) is 4. The predicted molar refractivity (Wildman–Crippen MR) is 109 cm³/mol. The van der Waals surface area contributed by atoms with Crippen molar-refractivity contribution in [2.75, 3.05) is 17.6 Å². The third-order valence-electron chi connectivity index (χ3n) is 4.41. The van der Waals surface area contributed by atoms with Gasteiger partial charge in [0.15, 0.2) is 0 Å². The van der Waals surface area contributed by atoms with E-state index in [0.29, 0.717) is 6.54 Å². The number of hydrogen-bond donors (Lipinski definition) is 3. The number of aromatic nitrogens is 1. The number of benzene rings is 1. The second kappa shape index (κ2) is 10.2. The first kappa shape index (κ1) is 24.1. The molecule has 31 heavy (non-hydrogen) atoms. The Kier molecular flexibility index (Phi) is 7.95. The lowest BCUT2D eigenvalue weighted by Gasteiger charge is -2.14. The van der Waals surface area contributed by atoms with Crippen molar-refractivity contribution in [2.24, 2.45) is 0 Å². The van der Waals surface area contributed by atoms with Crippen molar-refractivity contribution in [2.45, 2.75) is 38.9 Å². The first-order chi connectivity index (χ1) is 14.5. The molecule has 0 aliphatic carbocycles. The van der Waals surface area contributed by atoms with Gasteiger partial charge in [-0.2, -0.15) is 13.2 Å². The van der Waals surface area contributed by atoms with Crippen LogP contribution in [0.2, 0.25) is 0 Å². The van der Waals surface area contributed by atoms with Gasteiger partial charge in [-0.25, -0.2) is 13.8 Å². The Morgan fingerprint density at radius 1 is 1.23 bits per heavy atom. The molecule has 1 amide bonds. The van der Waals surface area contributed by atoms with E-state index in [1.165, 1.54) is 19.1 Å². The van der Waals surface area contributed by atoms with Crippen LogP contribution in [-0.4, -0.2) is 17.4 Å². The molecule has 4 N–H and O–H groups in total. The van der Waals surface area contributed by atoms with Crippen molar-refractivity contribution in [3.63, 3.8) is 0 Å². The maximum atomic E-state index is 13.6. The van der Waals surface area contributed by atoms with Crippen molar-refractivity contribution in [3.05, 3.63) is 58.8 Å². The molecule has 0 unspecified atom stereocenters. The summed E-state index contributed by atoms with van der Waals surface area (Å²) in [5.41, 5.74) is 4.03. The minimum Gasteiger partial charge on any atom is -0.394 e. The number of amides is 1. The Labute approximate surface area is 176 Å². The van der Waals surface area contributed by atoms with Gasteiger partial charge in [0.1, 0.15) is 28.8 Å². The average molecular weight is 442 g/mol. The van der Waals surface area contributed by atoms with Crippen LogP contribution < -0.4 is 16.4 Å². The zero-order chi connectivity index (χ0) is 23.2. The van der Waals surface area contributed by atoms with E-state index in [1.807, 2.05) is 6.92 Å². The number of rotatable bonds is 8. The average Bonchev–Trinajstić information content (AvgIpc) is 2.70. The van der Waals surface area contributed by atoms with Crippen LogP contribution in [0.5, 0.6) is 0 Å². The van der Waals surface area contributed by atoms with Gasteiger partial charge in [0.05, 0.1) is 6.04 Å².